The first-order valence-electron chi connectivity index (χ1n) is 5.96. The Bertz CT molecular complexity index is 591. The number of nitrogens with zero attached hydrogens (tertiary/aromatic N) is 2. The van der Waals surface area contributed by atoms with Crippen LogP contribution < -0.4 is 10.6 Å². The van der Waals surface area contributed by atoms with Crippen LogP contribution in [-0.2, 0) is 11.3 Å². The van der Waals surface area contributed by atoms with Gasteiger partial charge in [-0.2, -0.15) is 0 Å². The van der Waals surface area contributed by atoms with Crippen LogP contribution in [0.1, 0.15) is 26.5 Å². The summed E-state index contributed by atoms with van der Waals surface area (Å²) in [6, 6.07) is 1.69. The SMILES string of the molecule is C=c1/c(=C\C=NC)cc(CO)n1C(=O)OC(C)(C)C. The molecule has 0 radical (unpaired) electrons. The first kappa shape index (κ1) is 15.2. The molecule has 1 aromatic rings. The van der Waals surface area contributed by atoms with E-state index >= 15 is 0 Å². The Labute approximate surface area is 112 Å². The minimum atomic E-state index is -0.602. The number of ether oxygens (including phenoxy) is 1. The molecule has 0 bridgehead atoms. The van der Waals surface area contributed by atoms with E-state index in [1.54, 1.807) is 46.2 Å². The highest BCUT2D eigenvalue weighted by Crippen LogP contribution is 2.09. The zero-order chi connectivity index (χ0) is 14.6. The smallest absolute Gasteiger partial charge is 0.419 e. The van der Waals surface area contributed by atoms with Crippen molar-refractivity contribution in [3.05, 3.63) is 22.3 Å². The molecule has 104 valence electrons. The van der Waals surface area contributed by atoms with E-state index < -0.39 is 11.7 Å². The molecule has 19 heavy (non-hydrogen) atoms. The average Bonchev–Trinajstić information content (AvgIpc) is 2.61. The maximum Gasteiger partial charge on any atom is 0.419 e. The van der Waals surface area contributed by atoms with E-state index in [1.807, 2.05) is 0 Å². The molecule has 0 saturated heterocycles. The molecule has 0 unspecified atom stereocenters. The molecule has 0 fully saturated rings. The van der Waals surface area contributed by atoms with Crippen molar-refractivity contribution in [1.29, 1.82) is 0 Å². The van der Waals surface area contributed by atoms with Crippen molar-refractivity contribution >= 4 is 25.0 Å². The summed E-state index contributed by atoms with van der Waals surface area (Å²) in [5.41, 5.74) is -0.162. The fourth-order valence-electron chi connectivity index (χ4n) is 1.58. The van der Waals surface area contributed by atoms with Crippen molar-refractivity contribution < 1.29 is 14.6 Å². The van der Waals surface area contributed by atoms with E-state index in [4.69, 9.17) is 4.74 Å². The van der Waals surface area contributed by atoms with E-state index in [2.05, 4.69) is 11.6 Å². The molecule has 0 aromatic carbocycles. The van der Waals surface area contributed by atoms with Crippen molar-refractivity contribution in [3.63, 3.8) is 0 Å². The summed E-state index contributed by atoms with van der Waals surface area (Å²) in [5, 5.41) is 10.5. The molecule has 0 aliphatic rings. The van der Waals surface area contributed by atoms with Gasteiger partial charge >= 0.3 is 6.09 Å². The summed E-state index contributed by atoms with van der Waals surface area (Å²) in [4.78, 5) is 15.9. The lowest BCUT2D eigenvalue weighted by molar-refractivity contribution is 0.0521. The lowest BCUT2D eigenvalue weighted by Crippen LogP contribution is -2.36. The highest BCUT2D eigenvalue weighted by Gasteiger charge is 2.20. The third-order valence-electron chi connectivity index (χ3n) is 2.35. The van der Waals surface area contributed by atoms with Crippen LogP contribution >= 0.6 is 0 Å². The predicted octanol–water partition coefficient (Wildman–Crippen LogP) is 0.655. The largest absolute Gasteiger partial charge is 0.443 e. The number of aliphatic hydroxyl groups excluding tert-OH is 1. The molecule has 1 rings (SSSR count). The van der Waals surface area contributed by atoms with Crippen molar-refractivity contribution in [3.8, 4) is 0 Å². The van der Waals surface area contributed by atoms with Gasteiger partial charge in [-0.25, -0.2) is 9.36 Å². The number of rotatable bonds is 2. The number of hydrogen-bond donors (Lipinski definition) is 1. The molecular weight excluding hydrogens is 244 g/mol. The van der Waals surface area contributed by atoms with Gasteiger partial charge in [0.1, 0.15) is 5.60 Å². The molecule has 0 saturated carbocycles. The van der Waals surface area contributed by atoms with Gasteiger partial charge in [-0.1, -0.05) is 6.58 Å². The molecule has 0 spiro atoms. The summed E-state index contributed by atoms with van der Waals surface area (Å²) >= 11 is 0. The van der Waals surface area contributed by atoms with Crippen molar-refractivity contribution in [1.82, 2.24) is 4.57 Å². The normalized spacial score (nSPS) is 13.2. The third-order valence-corrected chi connectivity index (χ3v) is 2.35. The first-order chi connectivity index (χ1) is 8.80. The van der Waals surface area contributed by atoms with Crippen LogP contribution in [0.25, 0.3) is 12.7 Å². The van der Waals surface area contributed by atoms with Crippen LogP contribution in [0.3, 0.4) is 0 Å². The van der Waals surface area contributed by atoms with Crippen LogP contribution in [0.5, 0.6) is 0 Å². The van der Waals surface area contributed by atoms with Gasteiger partial charge in [0.15, 0.2) is 0 Å². The fraction of sp³-hybridized carbons (Fsp3) is 0.429. The van der Waals surface area contributed by atoms with E-state index in [1.165, 1.54) is 4.57 Å². The highest BCUT2D eigenvalue weighted by molar-refractivity contribution is 5.90. The van der Waals surface area contributed by atoms with Crippen LogP contribution in [0.2, 0.25) is 0 Å². The zero-order valence-corrected chi connectivity index (χ0v) is 11.8. The van der Waals surface area contributed by atoms with Crippen molar-refractivity contribution in [2.45, 2.75) is 33.0 Å². The highest BCUT2D eigenvalue weighted by atomic mass is 16.6. The van der Waals surface area contributed by atoms with E-state index in [-0.39, 0.29) is 6.61 Å². The summed E-state index contributed by atoms with van der Waals surface area (Å²) in [5.74, 6) is 0. The van der Waals surface area contributed by atoms with Crippen LogP contribution in [0.15, 0.2) is 11.1 Å². The molecule has 1 N–H and O–H groups in total. The van der Waals surface area contributed by atoms with Crippen molar-refractivity contribution in [2.24, 2.45) is 4.99 Å². The minimum absolute atomic E-state index is 0.265. The molecule has 5 nitrogen and oxygen atoms in total. The van der Waals surface area contributed by atoms with Crippen LogP contribution in [-0.4, -0.2) is 34.6 Å². The van der Waals surface area contributed by atoms with Gasteiger partial charge in [0, 0.05) is 18.5 Å². The van der Waals surface area contributed by atoms with E-state index in [9.17, 15) is 9.90 Å². The van der Waals surface area contributed by atoms with Crippen molar-refractivity contribution in [2.75, 3.05) is 7.05 Å². The Balaban J connectivity index is 3.32. The number of aliphatic imine (C=N–C) groups is 1. The van der Waals surface area contributed by atoms with E-state index in [0.717, 1.165) is 5.22 Å². The second-order valence-electron chi connectivity index (χ2n) is 5.09. The monoisotopic (exact) mass is 264 g/mol. The predicted molar refractivity (Wildman–Crippen MR) is 75.6 cm³/mol. The fourth-order valence-corrected chi connectivity index (χ4v) is 1.58. The third kappa shape index (κ3) is 3.79. The molecule has 1 aromatic heterocycles. The van der Waals surface area contributed by atoms with Gasteiger partial charge in [0.05, 0.1) is 17.6 Å². The minimum Gasteiger partial charge on any atom is -0.443 e. The van der Waals surface area contributed by atoms with Gasteiger partial charge < -0.3 is 9.84 Å². The van der Waals surface area contributed by atoms with E-state index in [0.29, 0.717) is 11.0 Å². The second-order valence-corrected chi connectivity index (χ2v) is 5.09. The molecule has 0 aliphatic carbocycles. The summed E-state index contributed by atoms with van der Waals surface area (Å²) in [6.07, 6.45) is 2.78. The van der Waals surface area contributed by atoms with Gasteiger partial charge in [-0.15, -0.1) is 0 Å². The van der Waals surface area contributed by atoms with Gasteiger partial charge in [-0.3, -0.25) is 4.99 Å². The number of aliphatic hydroxyl groups is 1. The first-order valence-corrected chi connectivity index (χ1v) is 5.96. The molecular formula is C14H20N2O3. The molecule has 0 aliphatic heterocycles. The number of carbonyl (C=O) groups is 1. The summed E-state index contributed by atoms with van der Waals surface area (Å²) in [7, 11) is 1.65. The maximum atomic E-state index is 12.1. The van der Waals surface area contributed by atoms with Gasteiger partial charge in [-0.05, 0) is 32.9 Å². The molecule has 0 atom stereocenters. The van der Waals surface area contributed by atoms with Crippen LogP contribution in [0, 0.1) is 0 Å². The number of carbonyl (C=O) groups excluding carboxylic acids is 1. The van der Waals surface area contributed by atoms with Gasteiger partial charge in [0.25, 0.3) is 0 Å². The summed E-state index contributed by atoms with van der Waals surface area (Å²) < 4.78 is 6.57. The zero-order valence-electron chi connectivity index (χ0n) is 11.8. The Hall–Kier alpha value is -1.88. The van der Waals surface area contributed by atoms with Crippen LogP contribution in [0.4, 0.5) is 4.79 Å². The lowest BCUT2D eigenvalue weighted by Gasteiger charge is -2.20. The Morgan fingerprint density at radius 1 is 1.58 bits per heavy atom. The molecule has 0 amide bonds. The molecule has 5 heteroatoms. The Morgan fingerprint density at radius 2 is 2.21 bits per heavy atom. The standard InChI is InChI=1S/C14H20N2O3/c1-10-11(6-7-15-5)8-12(9-17)16(10)13(18)19-14(2,3)4/h6-8,17H,1,9H2,2-5H3/b11-6-,15-7?. The lowest BCUT2D eigenvalue weighted by atomic mass is 10.2. The summed E-state index contributed by atoms with van der Waals surface area (Å²) in [6.45, 7) is 8.94. The number of hydrogen-bond acceptors (Lipinski definition) is 4. The second kappa shape index (κ2) is 5.84. The Morgan fingerprint density at radius 3 is 2.68 bits per heavy atom. The quantitative estimate of drug-likeness (QED) is 0.798. The Kier molecular flexibility index (Phi) is 4.67. The molecule has 1 heterocycles. The maximum absolute atomic E-state index is 12.1. The van der Waals surface area contributed by atoms with Gasteiger partial charge in [0.2, 0.25) is 0 Å². The number of aromatic nitrogens is 1. The topological polar surface area (TPSA) is 63.8 Å². The average molecular weight is 264 g/mol.